The number of aryl methyl sites for hydroxylation is 1. The van der Waals surface area contributed by atoms with Gasteiger partial charge in [0.05, 0.1) is 15.2 Å². The monoisotopic (exact) mass is 350 g/mol. The Hall–Kier alpha value is -1.79. The number of hydrogen-bond donors (Lipinski definition) is 0. The maximum absolute atomic E-state index is 12.5. The van der Waals surface area contributed by atoms with Gasteiger partial charge in [-0.3, -0.25) is 0 Å². The highest BCUT2D eigenvalue weighted by Crippen LogP contribution is 2.25. The van der Waals surface area contributed by atoms with Gasteiger partial charge < -0.3 is 8.92 Å². The van der Waals surface area contributed by atoms with Crippen LogP contribution in [0.4, 0.5) is 0 Å². The molecule has 0 saturated carbocycles. The Balaban J connectivity index is 2.49. The van der Waals surface area contributed by atoms with Crippen molar-refractivity contribution in [2.45, 2.75) is 31.5 Å². The summed E-state index contributed by atoms with van der Waals surface area (Å²) in [7, 11) is -4.16. The minimum Gasteiger partial charge on any atom is -0.497 e. The minimum absolute atomic E-state index is 0.146. The molecule has 2 aromatic carbocycles. The van der Waals surface area contributed by atoms with E-state index >= 15 is 0 Å². The summed E-state index contributed by atoms with van der Waals surface area (Å²) in [6, 6.07) is 11.9. The van der Waals surface area contributed by atoms with Crippen LogP contribution < -0.4 is 14.1 Å². The summed E-state index contributed by atoms with van der Waals surface area (Å²) in [6.07, 6.45) is 0. The third-order valence-electron chi connectivity index (χ3n) is 3.47. The van der Waals surface area contributed by atoms with Crippen molar-refractivity contribution in [2.75, 3.05) is 7.11 Å². The van der Waals surface area contributed by atoms with Gasteiger partial charge in [-0.1, -0.05) is 43.4 Å². The minimum atomic E-state index is -3.87. The van der Waals surface area contributed by atoms with Crippen LogP contribution in [0, 0.1) is 6.92 Å². The molecule has 4 nitrogen and oxygen atoms in total. The van der Waals surface area contributed by atoms with Crippen molar-refractivity contribution < 1.29 is 17.3 Å². The third-order valence-corrected chi connectivity index (χ3v) is 6.71. The summed E-state index contributed by atoms with van der Waals surface area (Å²) in [5.41, 5.74) is 0.994. The zero-order valence-electron chi connectivity index (χ0n) is 14.1. The fourth-order valence-corrected chi connectivity index (χ4v) is 5.17. The molecule has 0 amide bonds. The summed E-state index contributed by atoms with van der Waals surface area (Å²) < 4.78 is 36.0. The molecular formula is C17H22O4SSi. The van der Waals surface area contributed by atoms with Crippen molar-refractivity contribution in [1.82, 2.24) is 0 Å². The van der Waals surface area contributed by atoms with Gasteiger partial charge in [-0.25, -0.2) is 0 Å². The van der Waals surface area contributed by atoms with Gasteiger partial charge in [-0.2, -0.15) is 8.42 Å². The highest BCUT2D eigenvalue weighted by molar-refractivity contribution is 7.87. The molecule has 2 rings (SSSR count). The Labute approximate surface area is 139 Å². The van der Waals surface area contributed by atoms with E-state index in [0.29, 0.717) is 11.5 Å². The first-order chi connectivity index (χ1) is 10.6. The second kappa shape index (κ2) is 6.37. The Morgan fingerprint density at radius 1 is 0.913 bits per heavy atom. The Morgan fingerprint density at radius 3 is 2.00 bits per heavy atom. The number of hydrogen-bond acceptors (Lipinski definition) is 4. The average molecular weight is 351 g/mol. The highest BCUT2D eigenvalue weighted by atomic mass is 32.2. The van der Waals surface area contributed by atoms with E-state index in [4.69, 9.17) is 8.92 Å². The van der Waals surface area contributed by atoms with Crippen LogP contribution >= 0.6 is 0 Å². The van der Waals surface area contributed by atoms with Crippen molar-refractivity contribution >= 4 is 23.4 Å². The smallest absolute Gasteiger partial charge is 0.339 e. The van der Waals surface area contributed by atoms with Crippen molar-refractivity contribution in [2.24, 2.45) is 0 Å². The maximum Gasteiger partial charge on any atom is 0.339 e. The van der Waals surface area contributed by atoms with Gasteiger partial charge in [0.2, 0.25) is 0 Å². The topological polar surface area (TPSA) is 52.6 Å². The number of rotatable bonds is 5. The van der Waals surface area contributed by atoms with Crippen molar-refractivity contribution in [3.05, 3.63) is 48.0 Å². The quantitative estimate of drug-likeness (QED) is 0.613. The predicted molar refractivity (Wildman–Crippen MR) is 95.0 cm³/mol. The van der Waals surface area contributed by atoms with Gasteiger partial charge >= 0.3 is 10.1 Å². The van der Waals surface area contributed by atoms with E-state index < -0.39 is 18.2 Å². The lowest BCUT2D eigenvalue weighted by molar-refractivity contribution is 0.415. The lowest BCUT2D eigenvalue weighted by atomic mass is 10.2. The Kier molecular flexibility index (Phi) is 4.86. The molecule has 0 N–H and O–H groups in total. The molecule has 0 aliphatic carbocycles. The molecule has 0 aliphatic heterocycles. The average Bonchev–Trinajstić information content (AvgIpc) is 2.45. The second-order valence-electron chi connectivity index (χ2n) is 6.43. The van der Waals surface area contributed by atoms with Crippen LogP contribution in [0.2, 0.25) is 19.6 Å². The number of methoxy groups -OCH3 is 1. The molecule has 0 heterocycles. The molecule has 0 unspecified atom stereocenters. The lowest BCUT2D eigenvalue weighted by Gasteiger charge is -2.23. The molecule has 0 fully saturated rings. The van der Waals surface area contributed by atoms with Crippen LogP contribution in [0.3, 0.4) is 0 Å². The summed E-state index contributed by atoms with van der Waals surface area (Å²) >= 11 is 0. The molecule has 0 spiro atoms. The van der Waals surface area contributed by atoms with Crippen LogP contribution in [0.15, 0.2) is 47.4 Å². The van der Waals surface area contributed by atoms with Gasteiger partial charge in [0.1, 0.15) is 16.4 Å². The summed E-state index contributed by atoms with van der Waals surface area (Å²) in [5.74, 6) is 1.02. The van der Waals surface area contributed by atoms with Crippen molar-refractivity contribution in [3.8, 4) is 11.5 Å². The predicted octanol–water partition coefficient (Wildman–Crippen LogP) is 3.32. The molecule has 0 aromatic heterocycles. The third kappa shape index (κ3) is 3.94. The fourth-order valence-electron chi connectivity index (χ4n) is 2.36. The summed E-state index contributed by atoms with van der Waals surface area (Å²) in [6.45, 7) is 8.27. The van der Waals surface area contributed by atoms with Crippen molar-refractivity contribution in [3.63, 3.8) is 0 Å². The molecular weight excluding hydrogens is 328 g/mol. The van der Waals surface area contributed by atoms with E-state index in [1.165, 1.54) is 0 Å². The van der Waals surface area contributed by atoms with Crippen LogP contribution in [0.25, 0.3) is 0 Å². The van der Waals surface area contributed by atoms with Crippen molar-refractivity contribution in [1.29, 1.82) is 0 Å². The largest absolute Gasteiger partial charge is 0.497 e. The van der Waals surface area contributed by atoms with Gasteiger partial charge in [0.25, 0.3) is 0 Å². The lowest BCUT2D eigenvalue weighted by Crippen LogP contribution is -2.40. The molecule has 6 heteroatoms. The zero-order valence-corrected chi connectivity index (χ0v) is 15.9. The normalized spacial score (nSPS) is 12.0. The van der Waals surface area contributed by atoms with Crippen LogP contribution in [-0.4, -0.2) is 23.6 Å². The molecule has 0 radical (unpaired) electrons. The van der Waals surface area contributed by atoms with E-state index in [-0.39, 0.29) is 4.90 Å². The molecule has 124 valence electrons. The second-order valence-corrected chi connectivity index (χ2v) is 13.0. The van der Waals surface area contributed by atoms with Crippen LogP contribution in [0.5, 0.6) is 11.5 Å². The molecule has 0 bridgehead atoms. The molecule has 0 aliphatic rings. The number of ether oxygens (including phenoxy) is 1. The van der Waals surface area contributed by atoms with E-state index in [2.05, 4.69) is 19.6 Å². The molecule has 23 heavy (non-hydrogen) atoms. The molecule has 0 atom stereocenters. The molecule has 0 saturated heterocycles. The van der Waals surface area contributed by atoms with E-state index in [1.54, 1.807) is 43.5 Å². The van der Waals surface area contributed by atoms with Gasteiger partial charge in [0, 0.05) is 5.19 Å². The standard InChI is InChI=1S/C17H22O4SSi/c1-13-9-11-14(12-10-13)22(18,19)21-16-8-6-7-15(20-2)17(16)23(3,4)5/h6-12H,1-5H3. The van der Waals surface area contributed by atoms with E-state index in [0.717, 1.165) is 10.8 Å². The fraction of sp³-hybridized carbons (Fsp3) is 0.294. The van der Waals surface area contributed by atoms with Gasteiger partial charge in [-0.05, 0) is 31.2 Å². The van der Waals surface area contributed by atoms with E-state index in [9.17, 15) is 8.42 Å². The first-order valence-corrected chi connectivity index (χ1v) is 12.2. The first kappa shape index (κ1) is 17.6. The van der Waals surface area contributed by atoms with Crippen LogP contribution in [-0.2, 0) is 10.1 Å². The summed E-state index contributed by atoms with van der Waals surface area (Å²) in [4.78, 5) is 0.146. The van der Waals surface area contributed by atoms with Gasteiger partial charge in [-0.15, -0.1) is 0 Å². The van der Waals surface area contributed by atoms with Crippen LogP contribution in [0.1, 0.15) is 5.56 Å². The first-order valence-electron chi connectivity index (χ1n) is 7.34. The zero-order chi connectivity index (χ0) is 17.3. The maximum atomic E-state index is 12.5. The SMILES string of the molecule is COc1cccc(OS(=O)(=O)c2ccc(C)cc2)c1[Si](C)(C)C. The van der Waals surface area contributed by atoms with Gasteiger partial charge in [0.15, 0.2) is 0 Å². The number of benzene rings is 2. The van der Waals surface area contributed by atoms with E-state index in [1.807, 2.05) is 13.0 Å². The summed E-state index contributed by atoms with van der Waals surface area (Å²) in [5, 5.41) is 0.859. The Bertz CT molecular complexity index is 790. The highest BCUT2D eigenvalue weighted by Gasteiger charge is 2.28. The molecule has 2 aromatic rings. The Morgan fingerprint density at radius 2 is 1.48 bits per heavy atom.